The lowest BCUT2D eigenvalue weighted by Crippen LogP contribution is -2.65. The molecule has 7 heteroatoms. The van der Waals surface area contributed by atoms with Crippen molar-refractivity contribution in [1.29, 1.82) is 0 Å². The summed E-state index contributed by atoms with van der Waals surface area (Å²) in [6.07, 6.45) is 2.08. The maximum absolute atomic E-state index is 12.4. The van der Waals surface area contributed by atoms with Gasteiger partial charge in [0.25, 0.3) is 0 Å². The van der Waals surface area contributed by atoms with Crippen LogP contribution in [0.4, 0.5) is 4.79 Å². The molecule has 1 aliphatic heterocycles. The average molecular weight is 442 g/mol. The maximum atomic E-state index is 12.4. The Bertz CT molecular complexity index is 948. The Hall–Kier alpha value is -1.86. The molecule has 1 heterocycles. The molecular weight excluding hydrogens is 407 g/mol. The summed E-state index contributed by atoms with van der Waals surface area (Å²) in [5.41, 5.74) is 1.46. The quantitative estimate of drug-likeness (QED) is 0.272. The van der Waals surface area contributed by atoms with Crippen LogP contribution in [0, 0.1) is 24.2 Å². The van der Waals surface area contributed by atoms with Gasteiger partial charge in [-0.05, 0) is 88.8 Å². The molecule has 2 bridgehead atoms. The highest BCUT2D eigenvalue weighted by molar-refractivity contribution is 6.45. The molecule has 0 aromatic heterocycles. The molecule has 174 valence electrons. The van der Waals surface area contributed by atoms with Crippen molar-refractivity contribution in [1.82, 2.24) is 0 Å². The van der Waals surface area contributed by atoms with E-state index in [1.54, 1.807) is 26.8 Å². The van der Waals surface area contributed by atoms with Gasteiger partial charge in [0.05, 0.1) is 17.3 Å². The summed E-state index contributed by atoms with van der Waals surface area (Å²) in [7, 11) is -0.351. The van der Waals surface area contributed by atoms with E-state index in [1.807, 2.05) is 13.0 Å². The lowest BCUT2D eigenvalue weighted by Gasteiger charge is -2.64. The van der Waals surface area contributed by atoms with Crippen molar-refractivity contribution in [3.63, 3.8) is 0 Å². The first-order valence-corrected chi connectivity index (χ1v) is 11.6. The number of hydrogen-bond donors (Lipinski definition) is 0. The van der Waals surface area contributed by atoms with Gasteiger partial charge in [0, 0.05) is 6.32 Å². The van der Waals surface area contributed by atoms with Crippen LogP contribution in [0.25, 0.3) is 0 Å². The van der Waals surface area contributed by atoms with Gasteiger partial charge >= 0.3 is 13.3 Å². The van der Waals surface area contributed by atoms with Crippen molar-refractivity contribution in [3.05, 3.63) is 28.8 Å². The third-order valence-electron chi connectivity index (χ3n) is 7.86. The lowest BCUT2D eigenvalue weighted by atomic mass is 9.43. The zero-order chi connectivity index (χ0) is 23.6. The Morgan fingerprint density at radius 3 is 2.47 bits per heavy atom. The molecule has 3 unspecified atom stereocenters. The van der Waals surface area contributed by atoms with E-state index in [0.717, 1.165) is 17.5 Å². The van der Waals surface area contributed by atoms with Crippen molar-refractivity contribution in [3.8, 4) is 5.75 Å². The summed E-state index contributed by atoms with van der Waals surface area (Å²) >= 11 is 0. The number of Topliss-reactive ketones (excluding diaryl/α,β-unsaturated/α-hetero) is 1. The number of benzene rings is 1. The second-order valence-corrected chi connectivity index (χ2v) is 11.4. The predicted octanol–water partition coefficient (Wildman–Crippen LogP) is 5.32. The summed E-state index contributed by atoms with van der Waals surface area (Å²) in [5, 5.41) is 0. The Balaban J connectivity index is 1.52. The summed E-state index contributed by atoms with van der Waals surface area (Å²) in [6.45, 7) is 15.5. The number of ketones is 1. The number of carbonyl (C=O) groups excluding carboxylic acids is 2. The van der Waals surface area contributed by atoms with Crippen molar-refractivity contribution < 1.29 is 28.4 Å². The Morgan fingerprint density at radius 2 is 1.88 bits per heavy atom. The van der Waals surface area contributed by atoms with E-state index in [9.17, 15) is 9.59 Å². The second kappa shape index (κ2) is 7.59. The van der Waals surface area contributed by atoms with E-state index in [-0.39, 0.29) is 30.4 Å². The van der Waals surface area contributed by atoms with Crippen LogP contribution < -0.4 is 4.74 Å². The minimum Gasteiger partial charge on any atom is -0.428 e. The van der Waals surface area contributed by atoms with Crippen LogP contribution in [-0.4, -0.2) is 36.4 Å². The SMILES string of the molecule is CC(=O)c1c(OC(=O)OC(C)(C)C)ccc(CB2OC3CC4CC(C4(C)C)[C@]3(C)O2)c1C. The van der Waals surface area contributed by atoms with Crippen LogP contribution in [-0.2, 0) is 20.4 Å². The van der Waals surface area contributed by atoms with Crippen LogP contribution in [0.2, 0.25) is 0 Å². The van der Waals surface area contributed by atoms with Gasteiger partial charge in [-0.15, -0.1) is 0 Å². The molecule has 32 heavy (non-hydrogen) atoms. The number of rotatable bonds is 4. The third-order valence-corrected chi connectivity index (χ3v) is 7.86. The van der Waals surface area contributed by atoms with E-state index in [4.69, 9.17) is 18.8 Å². The monoisotopic (exact) mass is 442 g/mol. The summed E-state index contributed by atoms with van der Waals surface area (Å²) < 4.78 is 23.5. The molecule has 5 rings (SSSR count). The summed E-state index contributed by atoms with van der Waals surface area (Å²) in [4.78, 5) is 24.6. The average Bonchev–Trinajstić information content (AvgIpc) is 2.97. The molecule has 4 fully saturated rings. The van der Waals surface area contributed by atoms with E-state index < -0.39 is 11.8 Å². The fraction of sp³-hybridized carbons (Fsp3) is 0.680. The first-order chi connectivity index (χ1) is 14.7. The largest absolute Gasteiger partial charge is 0.514 e. The fourth-order valence-electron chi connectivity index (χ4n) is 6.05. The Morgan fingerprint density at radius 1 is 1.19 bits per heavy atom. The van der Waals surface area contributed by atoms with Crippen LogP contribution >= 0.6 is 0 Å². The molecule has 1 aromatic carbocycles. The standard InChI is InChI=1S/C25H35BO6/c1-14-16(9-10-18(21(14)15(2)27)29-22(28)30-23(3,4)5)13-26-31-20-12-17-11-19(24(17,6)7)25(20,8)32-26/h9-10,17,19-20H,11-13H2,1-8H3/t17?,19?,20?,25-/m0/s1. The minimum absolute atomic E-state index is 0.117. The predicted molar refractivity (Wildman–Crippen MR) is 122 cm³/mol. The van der Waals surface area contributed by atoms with Crippen molar-refractivity contribution in [2.45, 2.75) is 91.9 Å². The molecule has 0 radical (unpaired) electrons. The van der Waals surface area contributed by atoms with Crippen LogP contribution in [0.5, 0.6) is 5.75 Å². The summed E-state index contributed by atoms with van der Waals surface area (Å²) in [6, 6.07) is 3.54. The van der Waals surface area contributed by atoms with E-state index in [1.165, 1.54) is 13.3 Å². The highest BCUT2D eigenvalue weighted by atomic mass is 16.7. The molecule has 4 aliphatic rings. The molecule has 4 atom stereocenters. The molecule has 0 amide bonds. The number of ether oxygens (including phenoxy) is 2. The molecule has 6 nitrogen and oxygen atoms in total. The third kappa shape index (κ3) is 3.88. The Labute approximate surface area is 191 Å². The highest BCUT2D eigenvalue weighted by Gasteiger charge is 2.67. The maximum Gasteiger partial charge on any atom is 0.514 e. The molecule has 1 saturated heterocycles. The van der Waals surface area contributed by atoms with Gasteiger partial charge in [-0.2, -0.15) is 0 Å². The van der Waals surface area contributed by atoms with Gasteiger partial charge in [-0.25, -0.2) is 4.79 Å². The van der Waals surface area contributed by atoms with Crippen molar-refractivity contribution in [2.75, 3.05) is 0 Å². The normalized spacial score (nSPS) is 30.4. The molecule has 0 N–H and O–H groups in total. The van der Waals surface area contributed by atoms with E-state index in [0.29, 0.717) is 29.1 Å². The molecule has 3 saturated carbocycles. The van der Waals surface area contributed by atoms with Crippen LogP contribution in [0.15, 0.2) is 12.1 Å². The zero-order valence-electron chi connectivity index (χ0n) is 20.5. The first kappa shape index (κ1) is 23.3. The van der Waals surface area contributed by atoms with Gasteiger partial charge in [-0.1, -0.05) is 19.9 Å². The molecule has 1 aromatic rings. The van der Waals surface area contributed by atoms with Gasteiger partial charge in [0.2, 0.25) is 0 Å². The van der Waals surface area contributed by atoms with Gasteiger partial charge in [-0.3, -0.25) is 4.79 Å². The minimum atomic E-state index is -0.826. The second-order valence-electron chi connectivity index (χ2n) is 11.4. The smallest absolute Gasteiger partial charge is 0.428 e. The molecule has 0 spiro atoms. The van der Waals surface area contributed by atoms with Crippen LogP contribution in [0.3, 0.4) is 0 Å². The molecule has 3 aliphatic carbocycles. The zero-order valence-corrected chi connectivity index (χ0v) is 20.5. The number of hydrogen-bond acceptors (Lipinski definition) is 6. The van der Waals surface area contributed by atoms with Crippen molar-refractivity contribution in [2.24, 2.45) is 17.3 Å². The fourth-order valence-corrected chi connectivity index (χ4v) is 6.05. The topological polar surface area (TPSA) is 71.1 Å². The lowest BCUT2D eigenvalue weighted by molar-refractivity contribution is -0.199. The Kier molecular flexibility index (Phi) is 5.53. The van der Waals surface area contributed by atoms with Gasteiger partial charge in [0.15, 0.2) is 5.78 Å². The van der Waals surface area contributed by atoms with Gasteiger partial charge < -0.3 is 18.8 Å². The van der Waals surface area contributed by atoms with E-state index in [2.05, 4.69) is 20.8 Å². The number of carbonyl (C=O) groups is 2. The first-order valence-electron chi connectivity index (χ1n) is 11.6. The van der Waals surface area contributed by atoms with Gasteiger partial charge in [0.1, 0.15) is 11.4 Å². The highest BCUT2D eigenvalue weighted by Crippen LogP contribution is 2.65. The molecular formula is C25H35BO6. The summed E-state index contributed by atoms with van der Waals surface area (Å²) in [5.74, 6) is 1.24. The van der Waals surface area contributed by atoms with Crippen LogP contribution in [0.1, 0.15) is 82.8 Å². The van der Waals surface area contributed by atoms with Crippen molar-refractivity contribution >= 4 is 19.1 Å². The van der Waals surface area contributed by atoms with E-state index >= 15 is 0 Å².